The van der Waals surface area contributed by atoms with Gasteiger partial charge in [-0.05, 0) is 84.6 Å². The van der Waals surface area contributed by atoms with Gasteiger partial charge in [0.25, 0.3) is 0 Å². The average Bonchev–Trinajstić information content (AvgIpc) is 3.77. The topological polar surface area (TPSA) is 14.8 Å². The highest BCUT2D eigenvalue weighted by Gasteiger charge is 2.25. The number of hydrogen-bond donors (Lipinski definition) is 0. The average molecular weight is 600 g/mol. The second-order valence-corrected chi connectivity index (χ2v) is 12.9. The zero-order valence-corrected chi connectivity index (χ0v) is 25.7. The molecule has 3 aromatic heterocycles. The standard InChI is InChI=1S/C44H29N3/c1-2-12-30(13-3-1)45-41-26-31(46-37-18-8-4-14-33(37)34-15-5-9-19-38(34)46)24-28-22-23-29-25-32(27-42(45)44(29)43(28)41)47-39-20-10-6-16-35(39)36-17-7-11-21-40(36)47/h1-21,24-27H,22-23H2. The molecular weight excluding hydrogens is 571 g/mol. The van der Waals surface area contributed by atoms with Crippen molar-refractivity contribution in [2.45, 2.75) is 12.8 Å². The van der Waals surface area contributed by atoms with E-state index in [0.717, 1.165) is 12.8 Å². The summed E-state index contributed by atoms with van der Waals surface area (Å²) in [4.78, 5) is 0. The van der Waals surface area contributed by atoms with Crippen LogP contribution in [0.1, 0.15) is 11.1 Å². The molecule has 0 radical (unpaired) electrons. The van der Waals surface area contributed by atoms with E-state index in [2.05, 4.69) is 165 Å². The Kier molecular flexibility index (Phi) is 4.95. The number of aromatic nitrogens is 3. The van der Waals surface area contributed by atoms with Crippen molar-refractivity contribution in [2.24, 2.45) is 0 Å². The summed E-state index contributed by atoms with van der Waals surface area (Å²) in [5, 5.41) is 7.95. The molecule has 0 atom stereocenters. The second kappa shape index (κ2) is 9.24. The van der Waals surface area contributed by atoms with E-state index in [4.69, 9.17) is 0 Å². The van der Waals surface area contributed by atoms with Crippen molar-refractivity contribution in [3.63, 3.8) is 0 Å². The molecule has 0 bridgehead atoms. The van der Waals surface area contributed by atoms with Gasteiger partial charge in [-0.25, -0.2) is 0 Å². The lowest BCUT2D eigenvalue weighted by atomic mass is 9.90. The highest BCUT2D eigenvalue weighted by Crippen LogP contribution is 2.44. The number of benzene rings is 7. The van der Waals surface area contributed by atoms with E-state index in [1.165, 1.54) is 93.6 Å². The van der Waals surface area contributed by atoms with Crippen LogP contribution in [0.4, 0.5) is 0 Å². The molecule has 0 aliphatic heterocycles. The van der Waals surface area contributed by atoms with Crippen molar-refractivity contribution < 1.29 is 0 Å². The smallest absolute Gasteiger partial charge is 0.0564 e. The number of fused-ring (bicyclic) bond motifs is 6. The lowest BCUT2D eigenvalue weighted by molar-refractivity contribution is 0.962. The molecular formula is C44H29N3. The van der Waals surface area contributed by atoms with Crippen LogP contribution in [0.15, 0.2) is 152 Å². The molecule has 0 unspecified atom stereocenters. The Morgan fingerprint density at radius 3 is 1.04 bits per heavy atom. The summed E-state index contributed by atoms with van der Waals surface area (Å²) in [6.07, 6.45) is 2.03. The summed E-state index contributed by atoms with van der Waals surface area (Å²) in [6, 6.07) is 55.9. The number of nitrogens with zero attached hydrogens (tertiary/aromatic N) is 3. The van der Waals surface area contributed by atoms with Crippen LogP contribution in [0.25, 0.3) is 82.5 Å². The van der Waals surface area contributed by atoms with E-state index < -0.39 is 0 Å². The van der Waals surface area contributed by atoms with Gasteiger partial charge in [0.1, 0.15) is 0 Å². The molecule has 0 saturated heterocycles. The normalized spacial score (nSPS) is 12.9. The molecule has 1 aliphatic rings. The number of hydrogen-bond acceptors (Lipinski definition) is 0. The quantitative estimate of drug-likeness (QED) is 0.192. The maximum Gasteiger partial charge on any atom is 0.0564 e. The third-order valence-corrected chi connectivity index (χ3v) is 10.5. The maximum atomic E-state index is 2.51. The lowest BCUT2D eigenvalue weighted by Crippen LogP contribution is -2.03. The van der Waals surface area contributed by atoms with Crippen LogP contribution in [-0.4, -0.2) is 13.7 Å². The summed E-state index contributed by atoms with van der Waals surface area (Å²) >= 11 is 0. The van der Waals surface area contributed by atoms with Crippen molar-refractivity contribution in [2.75, 3.05) is 0 Å². The van der Waals surface area contributed by atoms with Gasteiger partial charge in [-0.1, -0.05) is 91.0 Å². The van der Waals surface area contributed by atoms with Crippen LogP contribution in [0.3, 0.4) is 0 Å². The van der Waals surface area contributed by atoms with Crippen molar-refractivity contribution in [3.05, 3.63) is 163 Å². The van der Waals surface area contributed by atoms with Gasteiger partial charge in [0.2, 0.25) is 0 Å². The fourth-order valence-corrected chi connectivity index (χ4v) is 8.58. The molecule has 0 fully saturated rings. The van der Waals surface area contributed by atoms with Gasteiger partial charge in [0.15, 0.2) is 0 Å². The minimum Gasteiger partial charge on any atom is -0.309 e. The van der Waals surface area contributed by atoms with Gasteiger partial charge in [-0.2, -0.15) is 0 Å². The second-order valence-electron chi connectivity index (χ2n) is 12.9. The Balaban J connectivity index is 1.28. The van der Waals surface area contributed by atoms with Gasteiger partial charge in [-0.15, -0.1) is 0 Å². The van der Waals surface area contributed by atoms with Crippen LogP contribution in [0, 0.1) is 0 Å². The zero-order valence-electron chi connectivity index (χ0n) is 25.7. The van der Waals surface area contributed by atoms with Crippen molar-refractivity contribution in [3.8, 4) is 17.1 Å². The van der Waals surface area contributed by atoms with Gasteiger partial charge < -0.3 is 13.7 Å². The molecule has 220 valence electrons. The Labute approximate surface area is 271 Å². The van der Waals surface area contributed by atoms with Crippen molar-refractivity contribution in [1.82, 2.24) is 13.7 Å². The van der Waals surface area contributed by atoms with Crippen molar-refractivity contribution >= 4 is 65.4 Å². The highest BCUT2D eigenvalue weighted by molar-refractivity contribution is 6.16. The van der Waals surface area contributed by atoms with E-state index in [-0.39, 0.29) is 0 Å². The highest BCUT2D eigenvalue weighted by atomic mass is 15.0. The molecule has 0 saturated carbocycles. The summed E-state index contributed by atoms with van der Waals surface area (Å²) in [5.41, 5.74) is 14.0. The van der Waals surface area contributed by atoms with Crippen LogP contribution < -0.4 is 0 Å². The SMILES string of the molecule is c1ccc(-n2c3cc(-n4c5ccccc5c5ccccc54)cc4c3c3c(cc(-n5c6ccccc6c6ccccc65)cc32)CC4)cc1. The minimum absolute atomic E-state index is 1.01. The fraction of sp³-hybridized carbons (Fsp3) is 0.0455. The van der Waals surface area contributed by atoms with E-state index in [0.29, 0.717) is 0 Å². The summed E-state index contributed by atoms with van der Waals surface area (Å²) in [6.45, 7) is 0. The Bertz CT molecular complexity index is 2610. The van der Waals surface area contributed by atoms with E-state index in [1.54, 1.807) is 0 Å². The van der Waals surface area contributed by atoms with E-state index in [9.17, 15) is 0 Å². The van der Waals surface area contributed by atoms with Gasteiger partial charge in [0, 0.05) is 49.4 Å². The third-order valence-electron chi connectivity index (χ3n) is 10.5. The molecule has 3 heteroatoms. The molecule has 0 N–H and O–H groups in total. The minimum atomic E-state index is 1.01. The Morgan fingerprint density at radius 1 is 0.298 bits per heavy atom. The molecule has 3 heterocycles. The molecule has 10 aromatic rings. The first-order valence-electron chi connectivity index (χ1n) is 16.5. The Morgan fingerprint density at radius 2 is 0.638 bits per heavy atom. The lowest BCUT2D eigenvalue weighted by Gasteiger charge is -2.17. The van der Waals surface area contributed by atoms with Crippen molar-refractivity contribution in [1.29, 1.82) is 0 Å². The first kappa shape index (κ1) is 25.2. The third kappa shape index (κ3) is 3.35. The first-order chi connectivity index (χ1) is 23.3. The predicted octanol–water partition coefficient (Wildman–Crippen LogP) is 11.1. The number of rotatable bonds is 3. The molecule has 47 heavy (non-hydrogen) atoms. The largest absolute Gasteiger partial charge is 0.309 e. The van der Waals surface area contributed by atoms with E-state index in [1.807, 2.05) is 0 Å². The molecule has 1 aliphatic carbocycles. The van der Waals surface area contributed by atoms with Crippen LogP contribution in [-0.2, 0) is 12.8 Å². The number of para-hydroxylation sites is 5. The number of aryl methyl sites for hydroxylation is 2. The van der Waals surface area contributed by atoms with Crippen LogP contribution in [0.2, 0.25) is 0 Å². The summed E-state index contributed by atoms with van der Waals surface area (Å²) in [5.74, 6) is 0. The Hall–Kier alpha value is -6.06. The molecule has 0 amide bonds. The molecule has 7 aromatic carbocycles. The van der Waals surface area contributed by atoms with E-state index >= 15 is 0 Å². The molecule has 11 rings (SSSR count). The monoisotopic (exact) mass is 599 g/mol. The summed E-state index contributed by atoms with van der Waals surface area (Å²) < 4.78 is 7.44. The zero-order chi connectivity index (χ0) is 30.6. The first-order valence-corrected chi connectivity index (χ1v) is 16.5. The maximum absolute atomic E-state index is 2.51. The van der Waals surface area contributed by atoms with Gasteiger partial charge in [0.05, 0.1) is 33.1 Å². The molecule has 0 spiro atoms. The predicted molar refractivity (Wildman–Crippen MR) is 197 cm³/mol. The fourth-order valence-electron chi connectivity index (χ4n) is 8.58. The van der Waals surface area contributed by atoms with Crippen LogP contribution in [0.5, 0.6) is 0 Å². The van der Waals surface area contributed by atoms with Crippen LogP contribution >= 0.6 is 0 Å². The summed E-state index contributed by atoms with van der Waals surface area (Å²) in [7, 11) is 0. The van der Waals surface area contributed by atoms with Gasteiger partial charge in [-0.3, -0.25) is 0 Å². The van der Waals surface area contributed by atoms with Gasteiger partial charge >= 0.3 is 0 Å². The molecule has 3 nitrogen and oxygen atoms in total.